The van der Waals surface area contributed by atoms with Crippen molar-refractivity contribution in [1.29, 1.82) is 0 Å². The van der Waals surface area contributed by atoms with Crippen LogP contribution in [0.1, 0.15) is 31.9 Å². The summed E-state index contributed by atoms with van der Waals surface area (Å²) in [7, 11) is 0. The standard InChI is InChI=1S/C14H26N6.HI/c1-2-15-14(17-12-13-6-7-18-19-13)16-8-11-20-9-4-3-5-10-20;/h6-7H,2-5,8-12H2,1H3,(H,18,19)(H2,15,16,17);1H. The van der Waals surface area contributed by atoms with Gasteiger partial charge in [-0.1, -0.05) is 6.42 Å². The molecule has 1 fully saturated rings. The van der Waals surface area contributed by atoms with Crippen LogP contribution in [0.2, 0.25) is 0 Å². The second-order valence-corrected chi connectivity index (χ2v) is 5.11. The molecule has 2 rings (SSSR count). The number of nitrogens with one attached hydrogen (secondary N) is 3. The number of aromatic amines is 1. The van der Waals surface area contributed by atoms with Gasteiger partial charge >= 0.3 is 0 Å². The number of guanidine groups is 1. The summed E-state index contributed by atoms with van der Waals surface area (Å²) in [6.45, 7) is 8.09. The van der Waals surface area contributed by atoms with Crippen LogP contribution in [0.4, 0.5) is 0 Å². The van der Waals surface area contributed by atoms with E-state index in [9.17, 15) is 0 Å². The zero-order valence-corrected chi connectivity index (χ0v) is 15.1. The molecule has 1 saturated heterocycles. The Bertz CT molecular complexity index is 386. The molecule has 0 saturated carbocycles. The highest BCUT2D eigenvalue weighted by Gasteiger charge is 2.09. The van der Waals surface area contributed by atoms with Gasteiger partial charge in [-0.15, -0.1) is 24.0 Å². The molecule has 6 nitrogen and oxygen atoms in total. The van der Waals surface area contributed by atoms with Gasteiger partial charge in [0.2, 0.25) is 0 Å². The van der Waals surface area contributed by atoms with E-state index in [-0.39, 0.29) is 24.0 Å². The van der Waals surface area contributed by atoms with Crippen molar-refractivity contribution in [2.24, 2.45) is 4.99 Å². The zero-order chi connectivity index (χ0) is 14.0. The van der Waals surface area contributed by atoms with E-state index in [1.807, 2.05) is 6.07 Å². The lowest BCUT2D eigenvalue weighted by Crippen LogP contribution is -2.42. The summed E-state index contributed by atoms with van der Waals surface area (Å²) in [6.07, 6.45) is 5.82. The molecule has 1 aromatic heterocycles. The fourth-order valence-corrected chi connectivity index (χ4v) is 2.39. The van der Waals surface area contributed by atoms with Gasteiger partial charge in [-0.25, -0.2) is 4.99 Å². The van der Waals surface area contributed by atoms with Crippen LogP contribution in [0, 0.1) is 0 Å². The van der Waals surface area contributed by atoms with Crippen LogP contribution >= 0.6 is 24.0 Å². The van der Waals surface area contributed by atoms with Crippen molar-refractivity contribution in [3.8, 4) is 0 Å². The SMILES string of the molecule is CCNC(=NCc1ccn[nH]1)NCCN1CCCCC1.I. The first-order valence-corrected chi connectivity index (χ1v) is 7.61. The summed E-state index contributed by atoms with van der Waals surface area (Å²) in [5.41, 5.74) is 1.03. The van der Waals surface area contributed by atoms with Gasteiger partial charge in [-0.05, 0) is 38.9 Å². The largest absolute Gasteiger partial charge is 0.357 e. The van der Waals surface area contributed by atoms with Gasteiger partial charge in [0.15, 0.2) is 5.96 Å². The van der Waals surface area contributed by atoms with Crippen LogP contribution in [-0.4, -0.2) is 53.8 Å². The molecule has 7 heteroatoms. The van der Waals surface area contributed by atoms with Crippen molar-refractivity contribution in [1.82, 2.24) is 25.7 Å². The third-order valence-corrected chi connectivity index (χ3v) is 3.48. The molecule has 0 aromatic carbocycles. The maximum atomic E-state index is 4.54. The molecule has 0 atom stereocenters. The molecule has 0 amide bonds. The average Bonchev–Trinajstić information content (AvgIpc) is 2.99. The van der Waals surface area contributed by atoms with E-state index in [4.69, 9.17) is 0 Å². The van der Waals surface area contributed by atoms with Gasteiger partial charge in [-0.3, -0.25) is 5.10 Å². The minimum atomic E-state index is 0. The van der Waals surface area contributed by atoms with E-state index in [0.29, 0.717) is 6.54 Å². The molecule has 1 aliphatic heterocycles. The van der Waals surface area contributed by atoms with Crippen molar-refractivity contribution in [2.45, 2.75) is 32.7 Å². The van der Waals surface area contributed by atoms with Crippen molar-refractivity contribution in [3.05, 3.63) is 18.0 Å². The minimum absolute atomic E-state index is 0. The normalized spacial score (nSPS) is 16.3. The number of hydrogen-bond acceptors (Lipinski definition) is 3. The molecule has 1 aliphatic rings. The third kappa shape index (κ3) is 7.12. The van der Waals surface area contributed by atoms with Gasteiger partial charge in [0.05, 0.1) is 12.2 Å². The summed E-state index contributed by atoms with van der Waals surface area (Å²) in [6, 6.07) is 1.95. The van der Waals surface area contributed by atoms with Crippen LogP contribution in [0.15, 0.2) is 17.3 Å². The van der Waals surface area contributed by atoms with Crippen molar-refractivity contribution in [2.75, 3.05) is 32.7 Å². The van der Waals surface area contributed by atoms with Gasteiger partial charge in [0, 0.05) is 25.8 Å². The maximum Gasteiger partial charge on any atom is 0.191 e. The minimum Gasteiger partial charge on any atom is -0.357 e. The van der Waals surface area contributed by atoms with Gasteiger partial charge < -0.3 is 15.5 Å². The zero-order valence-electron chi connectivity index (χ0n) is 12.8. The van der Waals surface area contributed by atoms with Crippen LogP contribution in [0.25, 0.3) is 0 Å². The third-order valence-electron chi connectivity index (χ3n) is 3.48. The topological polar surface area (TPSA) is 68.3 Å². The first-order valence-electron chi connectivity index (χ1n) is 7.61. The summed E-state index contributed by atoms with van der Waals surface area (Å²) >= 11 is 0. The van der Waals surface area contributed by atoms with Gasteiger partial charge in [0.25, 0.3) is 0 Å². The predicted octanol–water partition coefficient (Wildman–Crippen LogP) is 1.57. The number of nitrogens with zero attached hydrogens (tertiary/aromatic N) is 3. The molecule has 2 heterocycles. The Labute approximate surface area is 144 Å². The lowest BCUT2D eigenvalue weighted by atomic mass is 10.1. The number of piperidine rings is 1. The smallest absolute Gasteiger partial charge is 0.191 e. The van der Waals surface area contributed by atoms with E-state index in [1.165, 1.54) is 32.4 Å². The average molecular weight is 406 g/mol. The van der Waals surface area contributed by atoms with Gasteiger partial charge in [0.1, 0.15) is 0 Å². The number of halogens is 1. The predicted molar refractivity (Wildman–Crippen MR) is 97.1 cm³/mol. The van der Waals surface area contributed by atoms with E-state index < -0.39 is 0 Å². The number of aromatic nitrogens is 2. The van der Waals surface area contributed by atoms with Crippen molar-refractivity contribution < 1.29 is 0 Å². The van der Waals surface area contributed by atoms with Crippen LogP contribution in [-0.2, 0) is 6.54 Å². The van der Waals surface area contributed by atoms with E-state index in [1.54, 1.807) is 6.20 Å². The number of rotatable bonds is 6. The fraction of sp³-hybridized carbons (Fsp3) is 0.714. The Morgan fingerprint density at radius 2 is 2.14 bits per heavy atom. The number of hydrogen-bond donors (Lipinski definition) is 3. The van der Waals surface area contributed by atoms with E-state index >= 15 is 0 Å². The van der Waals surface area contributed by atoms with Crippen LogP contribution in [0.5, 0.6) is 0 Å². The Kier molecular flexibility index (Phi) is 9.40. The van der Waals surface area contributed by atoms with Crippen molar-refractivity contribution in [3.63, 3.8) is 0 Å². The molecule has 0 bridgehead atoms. The van der Waals surface area contributed by atoms with Gasteiger partial charge in [-0.2, -0.15) is 5.10 Å². The first kappa shape index (κ1) is 18.2. The Hall–Kier alpha value is -0.830. The van der Waals surface area contributed by atoms with E-state index in [0.717, 1.165) is 31.3 Å². The second kappa shape index (κ2) is 10.8. The second-order valence-electron chi connectivity index (χ2n) is 5.11. The highest BCUT2D eigenvalue weighted by atomic mass is 127. The lowest BCUT2D eigenvalue weighted by Gasteiger charge is -2.26. The quantitative estimate of drug-likeness (QED) is 0.381. The molecule has 3 N–H and O–H groups in total. The Morgan fingerprint density at radius 3 is 2.81 bits per heavy atom. The summed E-state index contributed by atoms with van der Waals surface area (Å²) in [5.74, 6) is 0.874. The molecular formula is C14H27IN6. The Balaban J connectivity index is 0.00000220. The molecule has 0 unspecified atom stereocenters. The number of aliphatic imine (C=N–C) groups is 1. The van der Waals surface area contributed by atoms with Crippen molar-refractivity contribution >= 4 is 29.9 Å². The summed E-state index contributed by atoms with van der Waals surface area (Å²) in [5, 5.41) is 13.5. The van der Waals surface area contributed by atoms with Crippen LogP contribution in [0.3, 0.4) is 0 Å². The summed E-state index contributed by atoms with van der Waals surface area (Å²) < 4.78 is 0. The molecule has 1 aromatic rings. The highest BCUT2D eigenvalue weighted by molar-refractivity contribution is 14.0. The molecule has 0 aliphatic carbocycles. The molecular weight excluding hydrogens is 379 g/mol. The fourth-order valence-electron chi connectivity index (χ4n) is 2.39. The molecule has 120 valence electrons. The first-order chi connectivity index (χ1) is 9.88. The van der Waals surface area contributed by atoms with Crippen LogP contribution < -0.4 is 10.6 Å². The molecule has 0 spiro atoms. The maximum absolute atomic E-state index is 4.54. The Morgan fingerprint density at radius 1 is 1.33 bits per heavy atom. The monoisotopic (exact) mass is 406 g/mol. The highest BCUT2D eigenvalue weighted by Crippen LogP contribution is 2.07. The van der Waals surface area contributed by atoms with E-state index in [2.05, 4.69) is 37.6 Å². The molecule has 21 heavy (non-hydrogen) atoms. The molecule has 0 radical (unpaired) electrons. The summed E-state index contributed by atoms with van der Waals surface area (Å²) in [4.78, 5) is 7.07. The number of likely N-dealkylation sites (tertiary alicyclic amines) is 1. The number of H-pyrrole nitrogens is 1. The lowest BCUT2D eigenvalue weighted by molar-refractivity contribution is 0.232.